The van der Waals surface area contributed by atoms with Crippen LogP contribution in [0.4, 0.5) is 0 Å². The lowest BCUT2D eigenvalue weighted by Crippen LogP contribution is -2.65. The zero-order valence-corrected chi connectivity index (χ0v) is 40.0. The van der Waals surface area contributed by atoms with E-state index in [-0.39, 0.29) is 25.2 Å². The Morgan fingerprint density at radius 3 is 1.98 bits per heavy atom. The molecule has 0 unspecified atom stereocenters. The van der Waals surface area contributed by atoms with Gasteiger partial charge in [0.1, 0.15) is 36.5 Å². The van der Waals surface area contributed by atoms with E-state index in [1.165, 1.54) is 47.1 Å². The highest BCUT2D eigenvalue weighted by molar-refractivity contribution is 5.91. The number of carbonyl (C=O) groups is 6. The summed E-state index contributed by atoms with van der Waals surface area (Å²) in [5, 5.41) is 11.8. The topological polar surface area (TPSA) is 218 Å². The molecule has 0 radical (unpaired) electrons. The number of likely N-dealkylation sites (N-methyl/N-ethyl adjacent to an activating group) is 1. The highest BCUT2D eigenvalue weighted by Crippen LogP contribution is 2.37. The van der Waals surface area contributed by atoms with Crippen LogP contribution in [0.5, 0.6) is 0 Å². The lowest BCUT2D eigenvalue weighted by Gasteiger charge is -2.48. The fraction of sp³-hybridized carbons (Fsp3) is 0.702. The normalized spacial score (nSPS) is 37.6. The number of cyclic esters (lactones) is 1. The van der Waals surface area contributed by atoms with Gasteiger partial charge in [0, 0.05) is 52.7 Å². The molecule has 0 aromatic heterocycles. The van der Waals surface area contributed by atoms with Gasteiger partial charge in [0.05, 0.1) is 37.0 Å². The van der Waals surface area contributed by atoms with Crippen molar-refractivity contribution in [2.24, 2.45) is 23.7 Å². The SMILES string of the molecule is CC[C@H]1OC(=O)/C=C(\O)[C@H](C)[C@@H](O[C@H]2O[C@@H](C)[C@H](OC(C)=O)[C@@H](N(C)C)[C@@H]2OC(C)=O)[C@@H](C/C=C/C=O)C[C@@H](C)C(=O)/C=C/C(C)=C/[C@@H]1CO[C@@H]1O[C@H](C)[C@@H](OC(C)=O)[C@@H](OC)[C@H]1OC. The molecule has 65 heavy (non-hydrogen) atoms. The smallest absolute Gasteiger partial charge is 0.334 e. The molecule has 18 heteroatoms. The number of nitrogens with zero attached hydrogens (tertiary/aromatic N) is 1. The average Bonchev–Trinajstić information content (AvgIpc) is 3.22. The van der Waals surface area contributed by atoms with Gasteiger partial charge in [-0.05, 0) is 72.2 Å². The van der Waals surface area contributed by atoms with E-state index in [0.717, 1.165) is 6.08 Å². The largest absolute Gasteiger partial charge is 0.512 e. The van der Waals surface area contributed by atoms with E-state index in [1.54, 1.807) is 65.8 Å². The number of hydrogen-bond donors (Lipinski definition) is 1. The zero-order valence-electron chi connectivity index (χ0n) is 40.0. The minimum atomic E-state index is -1.30. The maximum atomic E-state index is 13.9. The number of carbonyl (C=O) groups excluding carboxylic acids is 6. The van der Waals surface area contributed by atoms with Crippen molar-refractivity contribution >= 4 is 35.9 Å². The number of allylic oxidation sites excluding steroid dienone is 5. The van der Waals surface area contributed by atoms with Crippen LogP contribution in [0.2, 0.25) is 0 Å². The summed E-state index contributed by atoms with van der Waals surface area (Å²) in [5.41, 5.74) is 0.660. The molecule has 0 bridgehead atoms. The predicted molar refractivity (Wildman–Crippen MR) is 234 cm³/mol. The van der Waals surface area contributed by atoms with Gasteiger partial charge >= 0.3 is 23.9 Å². The lowest BCUT2D eigenvalue weighted by atomic mass is 9.81. The first kappa shape index (κ1) is 55.0. The average molecular weight is 922 g/mol. The molecular formula is C47H71NO17. The summed E-state index contributed by atoms with van der Waals surface area (Å²) in [6.07, 6.45) is 0.264. The number of ketones is 1. The summed E-state index contributed by atoms with van der Waals surface area (Å²) in [7, 11) is 6.38. The van der Waals surface area contributed by atoms with Gasteiger partial charge in [-0.3, -0.25) is 28.9 Å². The number of ether oxygens (including phenoxy) is 10. The number of methoxy groups -OCH3 is 2. The number of aliphatic hydroxyl groups excluding tert-OH is 1. The van der Waals surface area contributed by atoms with Gasteiger partial charge in [-0.25, -0.2) is 4.79 Å². The third kappa shape index (κ3) is 15.6. The maximum absolute atomic E-state index is 13.9. The van der Waals surface area contributed by atoms with Crippen molar-refractivity contribution < 1.29 is 81.2 Å². The minimum Gasteiger partial charge on any atom is -0.512 e. The van der Waals surface area contributed by atoms with Gasteiger partial charge in [0.15, 0.2) is 30.6 Å². The van der Waals surface area contributed by atoms with E-state index >= 15 is 0 Å². The molecule has 2 saturated heterocycles. The number of esters is 4. The Morgan fingerprint density at radius 2 is 1.42 bits per heavy atom. The molecule has 3 rings (SSSR count). The van der Waals surface area contributed by atoms with Crippen molar-refractivity contribution in [2.75, 3.05) is 34.9 Å². The van der Waals surface area contributed by atoms with Crippen LogP contribution in [0.15, 0.2) is 47.8 Å². The third-order valence-electron chi connectivity index (χ3n) is 11.9. The van der Waals surface area contributed by atoms with Crippen LogP contribution >= 0.6 is 0 Å². The molecule has 0 amide bonds. The molecule has 16 atom stereocenters. The molecule has 0 spiro atoms. The molecule has 1 N–H and O–H groups in total. The summed E-state index contributed by atoms with van der Waals surface area (Å²) < 4.78 is 60.0. The van der Waals surface area contributed by atoms with Gasteiger partial charge in [-0.1, -0.05) is 44.6 Å². The second-order valence-corrected chi connectivity index (χ2v) is 17.2. The molecule has 0 aliphatic carbocycles. The molecule has 0 aromatic rings. The highest BCUT2D eigenvalue weighted by atomic mass is 16.7. The summed E-state index contributed by atoms with van der Waals surface area (Å²) in [6, 6.07) is -0.747. The standard InChI is InChI=1S/C47H71NO17/c1-14-37-34(24-58-46-45(57-13)44(56-12)42(29(6)59-46)62-31(8)51)21-25(2)18-19-35(53)26(3)22-33(17-15-16-20-49)40(27(4)36(54)23-38(55)64-37)65-47-43(63-32(9)52)39(48(10)11)41(28(5)60-47)61-30(7)50/h15-16,18-21,23,26-29,33-34,37,39-47,54H,14,17,22,24H2,1-13H3/b16-15+,19-18+,25-21+,36-23-/t26-,27+,28+,29-,33+,34-,37-,39-,40-,41+,42-,43+,44-,45-,46-,47-/m1/s1. The Morgan fingerprint density at radius 1 is 0.831 bits per heavy atom. The second-order valence-electron chi connectivity index (χ2n) is 17.2. The Kier molecular flexibility index (Phi) is 22.1. The predicted octanol–water partition coefficient (Wildman–Crippen LogP) is 4.52. The van der Waals surface area contributed by atoms with Gasteiger partial charge in [0.25, 0.3) is 0 Å². The number of aliphatic hydroxyl groups is 1. The Hall–Kier alpha value is -4.30. The van der Waals surface area contributed by atoms with Crippen molar-refractivity contribution in [3.8, 4) is 0 Å². The van der Waals surface area contributed by atoms with Crippen molar-refractivity contribution in [1.29, 1.82) is 0 Å². The van der Waals surface area contributed by atoms with Crippen LogP contribution in [0.1, 0.15) is 81.6 Å². The van der Waals surface area contributed by atoms with E-state index < -0.39 is 127 Å². The van der Waals surface area contributed by atoms with Crippen LogP contribution in [0.25, 0.3) is 0 Å². The minimum absolute atomic E-state index is 0.0548. The summed E-state index contributed by atoms with van der Waals surface area (Å²) in [6.45, 7) is 14.1. The van der Waals surface area contributed by atoms with Gasteiger partial charge in [0.2, 0.25) is 0 Å². The molecule has 366 valence electrons. The monoisotopic (exact) mass is 921 g/mol. The summed E-state index contributed by atoms with van der Waals surface area (Å²) >= 11 is 0. The van der Waals surface area contributed by atoms with Crippen molar-refractivity contribution in [1.82, 2.24) is 4.90 Å². The molecule has 3 aliphatic heterocycles. The Balaban J connectivity index is 2.10. The first-order valence-corrected chi connectivity index (χ1v) is 22.1. The van der Waals surface area contributed by atoms with Gasteiger partial charge in [-0.15, -0.1) is 0 Å². The molecule has 3 heterocycles. The van der Waals surface area contributed by atoms with E-state index in [4.69, 9.17) is 47.4 Å². The van der Waals surface area contributed by atoms with Crippen LogP contribution in [-0.2, 0) is 76.1 Å². The third-order valence-corrected chi connectivity index (χ3v) is 11.9. The fourth-order valence-electron chi connectivity index (χ4n) is 8.69. The Bertz CT molecular complexity index is 1740. The quantitative estimate of drug-likeness (QED) is 0.103. The van der Waals surface area contributed by atoms with Crippen molar-refractivity contribution in [3.63, 3.8) is 0 Å². The van der Waals surface area contributed by atoms with E-state index in [1.807, 2.05) is 13.0 Å². The van der Waals surface area contributed by atoms with Gasteiger partial charge in [-0.2, -0.15) is 0 Å². The highest BCUT2D eigenvalue weighted by Gasteiger charge is 2.52. The molecule has 0 saturated carbocycles. The molecular weight excluding hydrogens is 851 g/mol. The summed E-state index contributed by atoms with van der Waals surface area (Å²) in [4.78, 5) is 77.6. The van der Waals surface area contributed by atoms with E-state index in [9.17, 15) is 33.9 Å². The molecule has 0 aromatic carbocycles. The molecule has 3 aliphatic rings. The Labute approximate surface area is 382 Å². The summed E-state index contributed by atoms with van der Waals surface area (Å²) in [5.74, 6) is -6.04. The van der Waals surface area contributed by atoms with Crippen molar-refractivity contribution in [2.45, 2.75) is 155 Å². The lowest BCUT2D eigenvalue weighted by molar-refractivity contribution is -0.306. The molecule has 2 fully saturated rings. The number of aldehydes is 1. The van der Waals surface area contributed by atoms with Crippen LogP contribution < -0.4 is 0 Å². The first-order chi connectivity index (χ1) is 30.7. The fourth-order valence-corrected chi connectivity index (χ4v) is 8.69. The van der Waals surface area contributed by atoms with Crippen LogP contribution in [0, 0.1) is 23.7 Å². The van der Waals surface area contributed by atoms with Crippen molar-refractivity contribution in [3.05, 3.63) is 47.8 Å². The number of hydrogen-bond acceptors (Lipinski definition) is 18. The first-order valence-electron chi connectivity index (χ1n) is 22.1. The zero-order chi connectivity index (χ0) is 48.7. The molecule has 18 nitrogen and oxygen atoms in total. The second kappa shape index (κ2) is 26.1. The van der Waals surface area contributed by atoms with E-state index in [2.05, 4.69) is 0 Å². The van der Waals surface area contributed by atoms with Gasteiger partial charge < -0.3 is 52.5 Å². The number of rotatable bonds is 15. The van der Waals surface area contributed by atoms with E-state index in [0.29, 0.717) is 18.3 Å². The van der Waals surface area contributed by atoms with Crippen LogP contribution in [0.3, 0.4) is 0 Å². The van der Waals surface area contributed by atoms with Crippen LogP contribution in [-0.4, -0.2) is 154 Å². The maximum Gasteiger partial charge on any atom is 0.334 e.